The van der Waals surface area contributed by atoms with Gasteiger partial charge in [-0.3, -0.25) is 4.57 Å². The number of benzene rings is 1. The Bertz CT molecular complexity index is 348. The molecule has 0 spiro atoms. The topological polar surface area (TPSA) is 43.4 Å². The summed E-state index contributed by atoms with van der Waals surface area (Å²) in [5, 5.41) is 0.689. The van der Waals surface area contributed by atoms with Crippen LogP contribution in [0.15, 0.2) is 30.3 Å². The van der Waals surface area contributed by atoms with E-state index in [-0.39, 0.29) is 12.6 Å². The maximum Gasteiger partial charge on any atom is 0.232 e. The molecule has 1 rings (SSSR count). The van der Waals surface area contributed by atoms with Crippen LogP contribution in [-0.2, 0) is 13.9 Å². The molecule has 1 aromatic carbocycles. The standard InChI is InChI=1S/C11H15O3P/c1-2-14-15(13,10-6-9-12)11-7-4-3-5-8-11/h3-5,7-9H,2,6,10H2,1H3/t15-/m1/s1. The molecule has 1 aromatic rings. The molecule has 0 aliphatic rings. The molecule has 0 saturated heterocycles. The summed E-state index contributed by atoms with van der Waals surface area (Å²) in [5.41, 5.74) is 0. The molecule has 0 aliphatic heterocycles. The lowest BCUT2D eigenvalue weighted by Crippen LogP contribution is -2.10. The van der Waals surface area contributed by atoms with Gasteiger partial charge in [-0.1, -0.05) is 18.2 Å². The Morgan fingerprint density at radius 1 is 1.33 bits per heavy atom. The first-order valence-electron chi connectivity index (χ1n) is 4.96. The summed E-state index contributed by atoms with van der Waals surface area (Å²) < 4.78 is 17.7. The highest BCUT2D eigenvalue weighted by Crippen LogP contribution is 2.45. The van der Waals surface area contributed by atoms with Crippen molar-refractivity contribution in [1.29, 1.82) is 0 Å². The fraction of sp³-hybridized carbons (Fsp3) is 0.364. The van der Waals surface area contributed by atoms with Crippen molar-refractivity contribution in [2.75, 3.05) is 12.8 Å². The van der Waals surface area contributed by atoms with Crippen LogP contribution >= 0.6 is 7.37 Å². The molecule has 0 radical (unpaired) electrons. The second kappa shape index (κ2) is 5.84. The predicted octanol–water partition coefficient (Wildman–Crippen LogP) is 2.22. The van der Waals surface area contributed by atoms with Crippen LogP contribution in [-0.4, -0.2) is 19.1 Å². The average Bonchev–Trinajstić information content (AvgIpc) is 2.28. The van der Waals surface area contributed by atoms with E-state index in [1.807, 2.05) is 18.2 Å². The van der Waals surface area contributed by atoms with Gasteiger partial charge in [-0.2, -0.15) is 0 Å². The molecule has 0 N–H and O–H groups in total. The second-order valence-corrected chi connectivity index (χ2v) is 5.67. The van der Waals surface area contributed by atoms with E-state index in [0.717, 1.165) is 6.29 Å². The van der Waals surface area contributed by atoms with Gasteiger partial charge in [-0.25, -0.2) is 0 Å². The Kier molecular flexibility index (Phi) is 4.73. The van der Waals surface area contributed by atoms with Gasteiger partial charge in [0.2, 0.25) is 7.37 Å². The van der Waals surface area contributed by atoms with Gasteiger partial charge in [0.15, 0.2) is 0 Å². The molecular formula is C11H15O3P. The molecule has 0 unspecified atom stereocenters. The number of hydrogen-bond acceptors (Lipinski definition) is 3. The van der Waals surface area contributed by atoms with Gasteiger partial charge >= 0.3 is 0 Å². The lowest BCUT2D eigenvalue weighted by Gasteiger charge is -2.16. The smallest absolute Gasteiger partial charge is 0.232 e. The number of carbonyl (C=O) groups is 1. The van der Waals surface area contributed by atoms with E-state index in [1.165, 1.54) is 0 Å². The Morgan fingerprint density at radius 3 is 2.53 bits per heavy atom. The molecule has 0 heterocycles. The highest BCUT2D eigenvalue weighted by atomic mass is 31.2. The van der Waals surface area contributed by atoms with Gasteiger partial charge in [0.25, 0.3) is 0 Å². The van der Waals surface area contributed by atoms with Crippen LogP contribution in [0.5, 0.6) is 0 Å². The maximum atomic E-state index is 12.4. The van der Waals surface area contributed by atoms with Gasteiger partial charge in [0.1, 0.15) is 6.29 Å². The van der Waals surface area contributed by atoms with Crippen molar-refractivity contribution in [2.24, 2.45) is 0 Å². The molecule has 0 saturated carbocycles. The number of rotatable bonds is 6. The summed E-state index contributed by atoms with van der Waals surface area (Å²) in [6.45, 7) is 2.20. The van der Waals surface area contributed by atoms with E-state index in [4.69, 9.17) is 4.52 Å². The Balaban J connectivity index is 2.90. The summed E-state index contributed by atoms with van der Waals surface area (Å²) in [4.78, 5) is 10.3. The first kappa shape index (κ1) is 12.2. The van der Waals surface area contributed by atoms with E-state index >= 15 is 0 Å². The predicted molar refractivity (Wildman–Crippen MR) is 60.9 cm³/mol. The summed E-state index contributed by atoms with van der Waals surface area (Å²) in [6, 6.07) is 9.06. The number of aldehydes is 1. The van der Waals surface area contributed by atoms with Gasteiger partial charge in [0.05, 0.1) is 6.61 Å². The zero-order chi connectivity index (χ0) is 11.1. The molecule has 0 aliphatic carbocycles. The van der Waals surface area contributed by atoms with Crippen molar-refractivity contribution in [3.63, 3.8) is 0 Å². The van der Waals surface area contributed by atoms with E-state index in [2.05, 4.69) is 0 Å². The molecule has 1 atom stereocenters. The van der Waals surface area contributed by atoms with Crippen molar-refractivity contribution in [3.8, 4) is 0 Å². The van der Waals surface area contributed by atoms with Gasteiger partial charge < -0.3 is 9.32 Å². The van der Waals surface area contributed by atoms with Crippen LogP contribution in [0.1, 0.15) is 13.3 Å². The molecule has 0 amide bonds. The van der Waals surface area contributed by atoms with Crippen molar-refractivity contribution in [2.45, 2.75) is 13.3 Å². The fourth-order valence-corrected chi connectivity index (χ4v) is 3.38. The molecule has 82 valence electrons. The highest BCUT2D eigenvalue weighted by molar-refractivity contribution is 7.67. The minimum absolute atomic E-state index is 0.270. The molecule has 3 nitrogen and oxygen atoms in total. The minimum atomic E-state index is -2.82. The first-order valence-corrected chi connectivity index (χ1v) is 6.77. The average molecular weight is 226 g/mol. The Hall–Kier alpha value is -0.920. The van der Waals surface area contributed by atoms with E-state index in [9.17, 15) is 9.36 Å². The van der Waals surface area contributed by atoms with Gasteiger partial charge in [-0.05, 0) is 19.1 Å². The lowest BCUT2D eigenvalue weighted by molar-refractivity contribution is -0.107. The summed E-state index contributed by atoms with van der Waals surface area (Å²) in [7, 11) is -2.82. The van der Waals surface area contributed by atoms with Crippen molar-refractivity contribution in [1.82, 2.24) is 0 Å². The van der Waals surface area contributed by atoms with Crippen LogP contribution in [0.4, 0.5) is 0 Å². The van der Waals surface area contributed by atoms with Gasteiger partial charge in [-0.15, -0.1) is 0 Å². The molecule has 4 heteroatoms. The highest BCUT2D eigenvalue weighted by Gasteiger charge is 2.24. The normalized spacial score (nSPS) is 14.5. The van der Waals surface area contributed by atoms with E-state index in [1.54, 1.807) is 19.1 Å². The monoisotopic (exact) mass is 226 g/mol. The largest absolute Gasteiger partial charge is 0.326 e. The van der Waals surface area contributed by atoms with Crippen LogP contribution in [0.25, 0.3) is 0 Å². The number of carbonyl (C=O) groups excluding carboxylic acids is 1. The zero-order valence-electron chi connectivity index (χ0n) is 8.76. The van der Waals surface area contributed by atoms with Gasteiger partial charge in [0, 0.05) is 17.9 Å². The van der Waals surface area contributed by atoms with Crippen LogP contribution in [0, 0.1) is 0 Å². The maximum absolute atomic E-state index is 12.4. The first-order chi connectivity index (χ1) is 7.23. The minimum Gasteiger partial charge on any atom is -0.326 e. The lowest BCUT2D eigenvalue weighted by atomic mass is 10.4. The Labute approximate surface area is 89.9 Å². The van der Waals surface area contributed by atoms with Crippen molar-refractivity contribution in [3.05, 3.63) is 30.3 Å². The molecule has 0 bridgehead atoms. The molecule has 0 fully saturated rings. The summed E-state index contributed by atoms with van der Waals surface area (Å²) >= 11 is 0. The molecule has 0 aromatic heterocycles. The van der Waals surface area contributed by atoms with Crippen LogP contribution in [0.2, 0.25) is 0 Å². The van der Waals surface area contributed by atoms with Crippen LogP contribution < -0.4 is 5.30 Å². The Morgan fingerprint density at radius 2 is 2.00 bits per heavy atom. The number of hydrogen-bond donors (Lipinski definition) is 0. The molecule has 15 heavy (non-hydrogen) atoms. The quantitative estimate of drug-likeness (QED) is 0.551. The van der Waals surface area contributed by atoms with Crippen molar-refractivity contribution >= 4 is 19.0 Å². The van der Waals surface area contributed by atoms with Crippen LogP contribution in [0.3, 0.4) is 0 Å². The second-order valence-electron chi connectivity index (χ2n) is 3.11. The summed E-state index contributed by atoms with van der Waals surface area (Å²) in [6.07, 6.45) is 1.33. The fourth-order valence-electron chi connectivity index (χ4n) is 1.35. The SMILES string of the molecule is CCO[P@](=O)(CCC=O)c1ccccc1. The summed E-state index contributed by atoms with van der Waals surface area (Å²) in [5.74, 6) is 0. The third-order valence-electron chi connectivity index (χ3n) is 2.03. The third kappa shape index (κ3) is 3.29. The molecular weight excluding hydrogens is 211 g/mol. The zero-order valence-corrected chi connectivity index (χ0v) is 9.65. The van der Waals surface area contributed by atoms with E-state index in [0.29, 0.717) is 11.9 Å². The van der Waals surface area contributed by atoms with E-state index < -0.39 is 7.37 Å². The third-order valence-corrected chi connectivity index (χ3v) is 4.64. The van der Waals surface area contributed by atoms with Crippen molar-refractivity contribution < 1.29 is 13.9 Å².